The van der Waals surface area contributed by atoms with Crippen molar-refractivity contribution in [2.45, 2.75) is 18.9 Å². The van der Waals surface area contributed by atoms with Crippen molar-refractivity contribution < 1.29 is 4.79 Å². The molecule has 82 valence electrons. The maximum atomic E-state index is 12.1. The molecule has 1 saturated carbocycles. The Hall–Kier alpha value is -1.53. The maximum absolute atomic E-state index is 12.1. The number of amides is 1. The van der Waals surface area contributed by atoms with Crippen LogP contribution in [-0.2, 0) is 0 Å². The van der Waals surface area contributed by atoms with Crippen LogP contribution >= 0.6 is 11.6 Å². The van der Waals surface area contributed by atoms with Gasteiger partial charge in [-0.2, -0.15) is 5.26 Å². The number of hydrogen-bond acceptors (Lipinski definition) is 2. The van der Waals surface area contributed by atoms with E-state index in [4.69, 9.17) is 16.9 Å². The number of benzene rings is 1. The van der Waals surface area contributed by atoms with Crippen molar-refractivity contribution >= 4 is 17.5 Å². The zero-order valence-corrected chi connectivity index (χ0v) is 9.44. The Kier molecular flexibility index (Phi) is 3.12. The zero-order chi connectivity index (χ0) is 11.5. The van der Waals surface area contributed by atoms with E-state index in [-0.39, 0.29) is 18.5 Å². The van der Waals surface area contributed by atoms with E-state index < -0.39 is 0 Å². The molecule has 0 bridgehead atoms. The summed E-state index contributed by atoms with van der Waals surface area (Å²) < 4.78 is 0. The highest BCUT2D eigenvalue weighted by molar-refractivity contribution is 6.33. The quantitative estimate of drug-likeness (QED) is 0.754. The predicted octanol–water partition coefficient (Wildman–Crippen LogP) is 2.47. The zero-order valence-electron chi connectivity index (χ0n) is 8.69. The van der Waals surface area contributed by atoms with Crippen molar-refractivity contribution in [2.75, 3.05) is 6.54 Å². The van der Waals surface area contributed by atoms with Gasteiger partial charge in [-0.3, -0.25) is 4.79 Å². The number of carbonyl (C=O) groups is 1. The second-order valence-electron chi connectivity index (χ2n) is 3.80. The summed E-state index contributed by atoms with van der Waals surface area (Å²) in [6.07, 6.45) is 1.97. The molecule has 1 fully saturated rings. The van der Waals surface area contributed by atoms with E-state index in [1.807, 2.05) is 6.07 Å². The molecule has 2 rings (SSSR count). The first kappa shape index (κ1) is 11.0. The Morgan fingerprint density at radius 3 is 2.75 bits per heavy atom. The van der Waals surface area contributed by atoms with Crippen LogP contribution in [0.25, 0.3) is 0 Å². The van der Waals surface area contributed by atoms with Crippen LogP contribution in [0.1, 0.15) is 23.2 Å². The Bertz CT molecular complexity index is 449. The summed E-state index contributed by atoms with van der Waals surface area (Å²) in [5.74, 6) is -0.144. The van der Waals surface area contributed by atoms with Crippen molar-refractivity contribution in [3.63, 3.8) is 0 Å². The number of nitrogens with zero attached hydrogens (tertiary/aromatic N) is 2. The molecule has 0 spiro atoms. The number of hydrogen-bond donors (Lipinski definition) is 0. The third-order valence-electron chi connectivity index (χ3n) is 2.59. The molecule has 4 heteroatoms. The van der Waals surface area contributed by atoms with Gasteiger partial charge >= 0.3 is 0 Å². The van der Waals surface area contributed by atoms with E-state index in [1.54, 1.807) is 29.2 Å². The lowest BCUT2D eigenvalue weighted by molar-refractivity contribution is 0.0765. The number of halogens is 1. The van der Waals surface area contributed by atoms with Crippen molar-refractivity contribution in [1.29, 1.82) is 5.26 Å². The van der Waals surface area contributed by atoms with Crippen molar-refractivity contribution in [3.05, 3.63) is 34.9 Å². The Morgan fingerprint density at radius 1 is 1.50 bits per heavy atom. The minimum absolute atomic E-state index is 0.134. The molecule has 1 aromatic carbocycles. The fourth-order valence-corrected chi connectivity index (χ4v) is 1.84. The summed E-state index contributed by atoms with van der Waals surface area (Å²) in [5.41, 5.74) is 0.478. The lowest BCUT2D eigenvalue weighted by atomic mass is 10.2. The van der Waals surface area contributed by atoms with Gasteiger partial charge < -0.3 is 4.90 Å². The minimum Gasteiger partial charge on any atom is -0.322 e. The Labute approximate surface area is 99.2 Å². The van der Waals surface area contributed by atoms with Gasteiger partial charge in [-0.1, -0.05) is 23.7 Å². The van der Waals surface area contributed by atoms with E-state index in [0.29, 0.717) is 10.6 Å². The first-order valence-electron chi connectivity index (χ1n) is 5.16. The van der Waals surface area contributed by atoms with Crippen LogP contribution in [0, 0.1) is 11.3 Å². The standard InChI is InChI=1S/C12H11ClN2O/c13-11-4-2-1-3-10(11)12(16)15(8-7-14)9-5-6-9/h1-4,9H,5-6,8H2. The summed E-state index contributed by atoms with van der Waals surface area (Å²) in [4.78, 5) is 13.7. The lowest BCUT2D eigenvalue weighted by Gasteiger charge is -2.19. The number of rotatable bonds is 3. The molecule has 0 unspecified atom stereocenters. The molecule has 0 N–H and O–H groups in total. The second-order valence-corrected chi connectivity index (χ2v) is 4.21. The molecule has 1 aromatic rings. The van der Waals surface area contributed by atoms with E-state index in [0.717, 1.165) is 12.8 Å². The van der Waals surface area contributed by atoms with Gasteiger partial charge in [-0.15, -0.1) is 0 Å². The average Bonchev–Trinajstić information content (AvgIpc) is 3.09. The van der Waals surface area contributed by atoms with Crippen LogP contribution in [0.5, 0.6) is 0 Å². The highest BCUT2D eigenvalue weighted by Gasteiger charge is 2.33. The topological polar surface area (TPSA) is 44.1 Å². The fourth-order valence-electron chi connectivity index (χ4n) is 1.62. The van der Waals surface area contributed by atoms with E-state index in [2.05, 4.69) is 0 Å². The summed E-state index contributed by atoms with van der Waals surface area (Å²) in [7, 11) is 0. The van der Waals surface area contributed by atoms with Crippen molar-refractivity contribution in [1.82, 2.24) is 4.90 Å². The predicted molar refractivity (Wildman–Crippen MR) is 61.1 cm³/mol. The van der Waals surface area contributed by atoms with Gasteiger partial charge in [0.2, 0.25) is 0 Å². The van der Waals surface area contributed by atoms with Crippen LogP contribution in [0.2, 0.25) is 5.02 Å². The SMILES string of the molecule is N#CCN(C(=O)c1ccccc1Cl)C1CC1. The van der Waals surface area contributed by atoms with Crippen LogP contribution in [0.3, 0.4) is 0 Å². The fraction of sp³-hybridized carbons (Fsp3) is 0.333. The molecule has 0 aromatic heterocycles. The molecule has 1 aliphatic rings. The van der Waals surface area contributed by atoms with Gasteiger partial charge in [-0.25, -0.2) is 0 Å². The molecular weight excluding hydrogens is 224 g/mol. The monoisotopic (exact) mass is 234 g/mol. The molecule has 0 aliphatic heterocycles. The molecule has 3 nitrogen and oxygen atoms in total. The van der Waals surface area contributed by atoms with E-state index >= 15 is 0 Å². The van der Waals surface area contributed by atoms with Gasteiger partial charge in [0.25, 0.3) is 5.91 Å². The minimum atomic E-state index is -0.144. The maximum Gasteiger partial charge on any atom is 0.256 e. The number of nitriles is 1. The smallest absolute Gasteiger partial charge is 0.256 e. The summed E-state index contributed by atoms with van der Waals surface area (Å²) in [5, 5.41) is 9.14. The molecule has 0 atom stereocenters. The van der Waals surface area contributed by atoms with E-state index in [1.165, 1.54) is 0 Å². The highest BCUT2D eigenvalue weighted by atomic mass is 35.5. The molecular formula is C12H11ClN2O. The number of carbonyl (C=O) groups excluding carboxylic acids is 1. The van der Waals surface area contributed by atoms with E-state index in [9.17, 15) is 4.79 Å². The van der Waals surface area contributed by atoms with Crippen LogP contribution in [0.15, 0.2) is 24.3 Å². The molecule has 16 heavy (non-hydrogen) atoms. The largest absolute Gasteiger partial charge is 0.322 e. The Balaban J connectivity index is 2.23. The van der Waals surface area contributed by atoms with Crippen LogP contribution in [0.4, 0.5) is 0 Å². The van der Waals surface area contributed by atoms with Gasteiger partial charge in [0.15, 0.2) is 0 Å². The van der Waals surface area contributed by atoms with Gasteiger partial charge in [0, 0.05) is 6.04 Å². The summed E-state index contributed by atoms with van der Waals surface area (Å²) >= 11 is 5.96. The molecule has 0 heterocycles. The average molecular weight is 235 g/mol. The van der Waals surface area contributed by atoms with Crippen molar-refractivity contribution in [2.24, 2.45) is 0 Å². The first-order valence-corrected chi connectivity index (χ1v) is 5.54. The molecule has 0 saturated heterocycles. The summed E-state index contributed by atoms with van der Waals surface area (Å²) in [6.45, 7) is 0.134. The van der Waals surface area contributed by atoms with Crippen LogP contribution in [-0.4, -0.2) is 23.4 Å². The first-order chi connectivity index (χ1) is 7.74. The van der Waals surface area contributed by atoms with Crippen LogP contribution < -0.4 is 0 Å². The van der Waals surface area contributed by atoms with Gasteiger partial charge in [0.05, 0.1) is 16.7 Å². The normalized spacial score (nSPS) is 14.2. The molecule has 1 aliphatic carbocycles. The summed E-state index contributed by atoms with van der Waals surface area (Å²) in [6, 6.07) is 9.18. The molecule has 1 amide bonds. The highest BCUT2D eigenvalue weighted by Crippen LogP contribution is 2.29. The lowest BCUT2D eigenvalue weighted by Crippen LogP contribution is -2.33. The third kappa shape index (κ3) is 2.17. The van der Waals surface area contributed by atoms with Gasteiger partial charge in [-0.05, 0) is 25.0 Å². The molecule has 0 radical (unpaired) electrons. The third-order valence-corrected chi connectivity index (χ3v) is 2.92. The van der Waals surface area contributed by atoms with Crippen molar-refractivity contribution in [3.8, 4) is 6.07 Å². The Morgan fingerprint density at radius 2 is 2.19 bits per heavy atom. The van der Waals surface area contributed by atoms with Gasteiger partial charge in [0.1, 0.15) is 6.54 Å². The second kappa shape index (κ2) is 4.54.